The van der Waals surface area contributed by atoms with Crippen molar-refractivity contribution < 1.29 is 4.79 Å². The Morgan fingerprint density at radius 3 is 2.55 bits per heavy atom. The van der Waals surface area contributed by atoms with Crippen LogP contribution in [0.15, 0.2) is 30.3 Å². The van der Waals surface area contributed by atoms with E-state index in [-0.39, 0.29) is 0 Å². The molecule has 0 aliphatic heterocycles. The SMILES string of the molecule is CCCCCC(=O)N(Cc1ccccc1)C(C)C1CC1. The minimum absolute atomic E-state index is 0.335. The van der Waals surface area contributed by atoms with Gasteiger partial charge in [0.1, 0.15) is 0 Å². The summed E-state index contributed by atoms with van der Waals surface area (Å²) in [6, 6.07) is 10.8. The molecule has 1 aromatic rings. The second-order valence-electron chi connectivity index (χ2n) is 6.04. The summed E-state index contributed by atoms with van der Waals surface area (Å²) in [5, 5.41) is 0. The molecule has 1 unspecified atom stereocenters. The Morgan fingerprint density at radius 2 is 1.95 bits per heavy atom. The first-order chi connectivity index (χ1) is 9.72. The van der Waals surface area contributed by atoms with E-state index in [9.17, 15) is 4.79 Å². The van der Waals surface area contributed by atoms with Crippen LogP contribution in [-0.2, 0) is 11.3 Å². The smallest absolute Gasteiger partial charge is 0.223 e. The molecule has 0 heterocycles. The van der Waals surface area contributed by atoms with Gasteiger partial charge in [-0.3, -0.25) is 4.79 Å². The van der Waals surface area contributed by atoms with Gasteiger partial charge in [-0.2, -0.15) is 0 Å². The highest BCUT2D eigenvalue weighted by molar-refractivity contribution is 5.76. The lowest BCUT2D eigenvalue weighted by Gasteiger charge is -2.30. The van der Waals surface area contributed by atoms with Gasteiger partial charge in [-0.05, 0) is 37.7 Å². The molecular weight excluding hydrogens is 246 g/mol. The van der Waals surface area contributed by atoms with Gasteiger partial charge in [-0.1, -0.05) is 50.1 Å². The van der Waals surface area contributed by atoms with Gasteiger partial charge < -0.3 is 4.90 Å². The Balaban J connectivity index is 1.98. The van der Waals surface area contributed by atoms with Gasteiger partial charge in [-0.25, -0.2) is 0 Å². The summed E-state index contributed by atoms with van der Waals surface area (Å²) in [5.74, 6) is 1.07. The topological polar surface area (TPSA) is 20.3 Å². The number of rotatable bonds is 8. The molecule has 2 heteroatoms. The van der Waals surface area contributed by atoms with E-state index in [4.69, 9.17) is 0 Å². The third-order valence-electron chi connectivity index (χ3n) is 4.31. The molecule has 2 nitrogen and oxygen atoms in total. The van der Waals surface area contributed by atoms with Crippen LogP contribution < -0.4 is 0 Å². The van der Waals surface area contributed by atoms with Crippen LogP contribution in [0.2, 0.25) is 0 Å². The summed E-state index contributed by atoms with van der Waals surface area (Å²) < 4.78 is 0. The third-order valence-corrected chi connectivity index (χ3v) is 4.31. The summed E-state index contributed by atoms with van der Waals surface area (Å²) in [6.45, 7) is 5.17. The van der Waals surface area contributed by atoms with Crippen LogP contribution in [0, 0.1) is 5.92 Å². The maximum absolute atomic E-state index is 12.5. The predicted octanol–water partition coefficient (Wildman–Crippen LogP) is 4.39. The lowest BCUT2D eigenvalue weighted by atomic mass is 10.1. The van der Waals surface area contributed by atoms with Crippen LogP contribution in [0.25, 0.3) is 0 Å². The van der Waals surface area contributed by atoms with Crippen molar-refractivity contribution in [1.29, 1.82) is 0 Å². The number of amides is 1. The quantitative estimate of drug-likeness (QED) is 0.643. The molecule has 0 saturated heterocycles. The number of nitrogens with zero attached hydrogens (tertiary/aromatic N) is 1. The number of carbonyl (C=O) groups is 1. The van der Waals surface area contributed by atoms with Gasteiger partial charge in [0.05, 0.1) is 0 Å². The number of carbonyl (C=O) groups excluding carboxylic acids is 1. The summed E-state index contributed by atoms with van der Waals surface area (Å²) in [4.78, 5) is 14.6. The number of hydrogen-bond acceptors (Lipinski definition) is 1. The molecule has 0 radical (unpaired) electrons. The molecule has 1 fully saturated rings. The van der Waals surface area contributed by atoms with E-state index in [0.717, 1.165) is 25.3 Å². The van der Waals surface area contributed by atoms with Gasteiger partial charge in [0, 0.05) is 19.0 Å². The minimum Gasteiger partial charge on any atom is -0.335 e. The Morgan fingerprint density at radius 1 is 1.25 bits per heavy atom. The zero-order valence-corrected chi connectivity index (χ0v) is 12.8. The maximum Gasteiger partial charge on any atom is 0.223 e. The van der Waals surface area contributed by atoms with Gasteiger partial charge in [0.25, 0.3) is 0 Å². The molecule has 0 aromatic heterocycles. The molecule has 0 N–H and O–H groups in total. The van der Waals surface area contributed by atoms with E-state index >= 15 is 0 Å². The first-order valence-electron chi connectivity index (χ1n) is 8.05. The molecule has 0 spiro atoms. The van der Waals surface area contributed by atoms with E-state index < -0.39 is 0 Å². The second kappa shape index (κ2) is 7.47. The number of hydrogen-bond donors (Lipinski definition) is 0. The standard InChI is InChI=1S/C18H27NO/c1-3-4-6-11-18(20)19(15(2)17-12-13-17)14-16-9-7-5-8-10-16/h5,7-10,15,17H,3-4,6,11-14H2,1-2H3. The molecule has 0 bridgehead atoms. The van der Waals surface area contributed by atoms with E-state index in [1.54, 1.807) is 0 Å². The Hall–Kier alpha value is -1.31. The van der Waals surface area contributed by atoms with Gasteiger partial charge >= 0.3 is 0 Å². The summed E-state index contributed by atoms with van der Waals surface area (Å²) in [5.41, 5.74) is 1.24. The zero-order valence-electron chi connectivity index (χ0n) is 12.8. The van der Waals surface area contributed by atoms with Crippen LogP contribution >= 0.6 is 0 Å². The average molecular weight is 273 g/mol. The lowest BCUT2D eigenvalue weighted by molar-refractivity contribution is -0.134. The Labute approximate surface area is 123 Å². The van der Waals surface area contributed by atoms with E-state index in [0.29, 0.717) is 18.4 Å². The molecule has 1 atom stereocenters. The van der Waals surface area contributed by atoms with E-state index in [1.807, 2.05) is 6.07 Å². The lowest BCUT2D eigenvalue weighted by Crippen LogP contribution is -2.39. The van der Waals surface area contributed by atoms with Gasteiger partial charge in [0.15, 0.2) is 0 Å². The Kier molecular flexibility index (Phi) is 5.63. The maximum atomic E-state index is 12.5. The monoisotopic (exact) mass is 273 g/mol. The predicted molar refractivity (Wildman–Crippen MR) is 83.3 cm³/mol. The molecular formula is C18H27NO. The van der Waals surface area contributed by atoms with E-state index in [2.05, 4.69) is 43.0 Å². The van der Waals surface area contributed by atoms with Crippen LogP contribution in [0.5, 0.6) is 0 Å². The first kappa shape index (κ1) is 15.1. The molecule has 1 aliphatic rings. The van der Waals surface area contributed by atoms with Gasteiger partial charge in [0.2, 0.25) is 5.91 Å². The Bertz CT molecular complexity index is 411. The van der Waals surface area contributed by atoms with Crippen LogP contribution in [0.4, 0.5) is 0 Å². The van der Waals surface area contributed by atoms with Crippen molar-refractivity contribution in [2.24, 2.45) is 5.92 Å². The van der Waals surface area contributed by atoms with Crippen LogP contribution in [0.1, 0.15) is 57.9 Å². The average Bonchev–Trinajstić information content (AvgIpc) is 3.30. The number of benzene rings is 1. The largest absolute Gasteiger partial charge is 0.335 e. The molecule has 2 rings (SSSR count). The van der Waals surface area contributed by atoms with Crippen molar-refractivity contribution in [3.63, 3.8) is 0 Å². The minimum atomic E-state index is 0.335. The molecule has 110 valence electrons. The van der Waals surface area contributed by atoms with Crippen LogP contribution in [-0.4, -0.2) is 16.8 Å². The molecule has 1 aromatic carbocycles. The highest BCUT2D eigenvalue weighted by Crippen LogP contribution is 2.36. The van der Waals surface area contributed by atoms with E-state index in [1.165, 1.54) is 24.8 Å². The highest BCUT2D eigenvalue weighted by Gasteiger charge is 2.33. The number of unbranched alkanes of at least 4 members (excludes halogenated alkanes) is 2. The van der Waals surface area contributed by atoms with Crippen molar-refractivity contribution in [1.82, 2.24) is 4.90 Å². The fourth-order valence-corrected chi connectivity index (χ4v) is 2.74. The normalized spacial score (nSPS) is 15.9. The zero-order chi connectivity index (χ0) is 14.4. The summed E-state index contributed by atoms with van der Waals surface area (Å²) in [6.07, 6.45) is 6.63. The fourth-order valence-electron chi connectivity index (χ4n) is 2.74. The van der Waals surface area contributed by atoms with Crippen LogP contribution in [0.3, 0.4) is 0 Å². The fraction of sp³-hybridized carbons (Fsp3) is 0.611. The molecule has 1 aliphatic carbocycles. The van der Waals surface area contributed by atoms with Crippen molar-refractivity contribution in [2.75, 3.05) is 0 Å². The van der Waals surface area contributed by atoms with Gasteiger partial charge in [-0.15, -0.1) is 0 Å². The van der Waals surface area contributed by atoms with Crippen molar-refractivity contribution in [3.05, 3.63) is 35.9 Å². The third kappa shape index (κ3) is 4.36. The second-order valence-corrected chi connectivity index (χ2v) is 6.04. The summed E-state index contributed by atoms with van der Waals surface area (Å²) >= 11 is 0. The van der Waals surface area contributed by atoms with Crippen molar-refractivity contribution in [3.8, 4) is 0 Å². The van der Waals surface area contributed by atoms with Crippen molar-refractivity contribution in [2.45, 2.75) is 65.0 Å². The first-order valence-corrected chi connectivity index (χ1v) is 8.05. The molecule has 1 amide bonds. The summed E-state index contributed by atoms with van der Waals surface area (Å²) in [7, 11) is 0. The molecule has 1 saturated carbocycles. The highest BCUT2D eigenvalue weighted by atomic mass is 16.2. The van der Waals surface area contributed by atoms with Crippen molar-refractivity contribution >= 4 is 5.91 Å². The molecule has 20 heavy (non-hydrogen) atoms.